The molecule has 0 aromatic heterocycles. The van der Waals surface area contributed by atoms with Gasteiger partial charge in [-0.2, -0.15) is 0 Å². The molecule has 0 radical (unpaired) electrons. The number of carbonyl (C=O) groups excluding carboxylic acids is 1. The van der Waals surface area contributed by atoms with Crippen molar-refractivity contribution in [3.63, 3.8) is 0 Å². The van der Waals surface area contributed by atoms with Crippen molar-refractivity contribution in [1.82, 2.24) is 10.6 Å². The third-order valence-electron chi connectivity index (χ3n) is 4.47. The quantitative estimate of drug-likeness (QED) is 0.833. The van der Waals surface area contributed by atoms with E-state index in [1.165, 1.54) is 5.69 Å². The van der Waals surface area contributed by atoms with Crippen molar-refractivity contribution in [2.24, 2.45) is 5.92 Å². The SMILES string of the molecule is O=C(NCC1CCN(c2ccc(Br)cc2)C1)C1CC(F)(F)CN1. The van der Waals surface area contributed by atoms with Gasteiger partial charge in [-0.1, -0.05) is 15.9 Å². The molecule has 2 atom stereocenters. The van der Waals surface area contributed by atoms with Gasteiger partial charge in [0.15, 0.2) is 0 Å². The fourth-order valence-electron chi connectivity index (χ4n) is 3.15. The lowest BCUT2D eigenvalue weighted by Crippen LogP contribution is -2.42. The molecule has 2 saturated heterocycles. The van der Waals surface area contributed by atoms with Gasteiger partial charge in [-0.15, -0.1) is 0 Å². The molecule has 2 aliphatic heterocycles. The highest BCUT2D eigenvalue weighted by Gasteiger charge is 2.42. The minimum absolute atomic E-state index is 0.315. The van der Waals surface area contributed by atoms with E-state index in [1.807, 2.05) is 12.1 Å². The molecule has 1 amide bonds. The Morgan fingerprint density at radius 1 is 1.39 bits per heavy atom. The molecule has 2 aliphatic rings. The summed E-state index contributed by atoms with van der Waals surface area (Å²) < 4.78 is 27.3. The largest absolute Gasteiger partial charge is 0.371 e. The number of amides is 1. The highest BCUT2D eigenvalue weighted by molar-refractivity contribution is 9.10. The summed E-state index contributed by atoms with van der Waals surface area (Å²) in [5.41, 5.74) is 1.17. The van der Waals surface area contributed by atoms with Crippen LogP contribution in [-0.4, -0.2) is 44.1 Å². The number of benzene rings is 1. The predicted octanol–water partition coefficient (Wildman–Crippen LogP) is 2.39. The number of rotatable bonds is 4. The van der Waals surface area contributed by atoms with Gasteiger partial charge in [-0.05, 0) is 36.6 Å². The Hall–Kier alpha value is -1.21. The Morgan fingerprint density at radius 3 is 2.78 bits per heavy atom. The van der Waals surface area contributed by atoms with Crippen molar-refractivity contribution in [3.8, 4) is 0 Å². The van der Waals surface area contributed by atoms with E-state index in [0.29, 0.717) is 12.5 Å². The summed E-state index contributed by atoms with van der Waals surface area (Å²) in [5, 5.41) is 5.40. The van der Waals surface area contributed by atoms with Crippen molar-refractivity contribution < 1.29 is 13.6 Å². The van der Waals surface area contributed by atoms with E-state index >= 15 is 0 Å². The smallest absolute Gasteiger partial charge is 0.262 e. The van der Waals surface area contributed by atoms with Crippen LogP contribution in [0, 0.1) is 5.92 Å². The van der Waals surface area contributed by atoms with E-state index in [4.69, 9.17) is 0 Å². The second kappa shape index (κ2) is 6.73. The van der Waals surface area contributed by atoms with E-state index in [-0.39, 0.29) is 5.91 Å². The predicted molar refractivity (Wildman–Crippen MR) is 88.8 cm³/mol. The molecule has 0 spiro atoms. The second-order valence-electron chi connectivity index (χ2n) is 6.32. The first-order valence-electron chi connectivity index (χ1n) is 7.82. The van der Waals surface area contributed by atoms with Gasteiger partial charge in [-0.3, -0.25) is 10.1 Å². The van der Waals surface area contributed by atoms with Crippen LogP contribution >= 0.6 is 15.9 Å². The summed E-state index contributed by atoms with van der Waals surface area (Å²) >= 11 is 3.42. The van der Waals surface area contributed by atoms with E-state index in [0.717, 1.165) is 24.0 Å². The van der Waals surface area contributed by atoms with Crippen LogP contribution in [0.15, 0.2) is 28.7 Å². The van der Waals surface area contributed by atoms with Gasteiger partial charge in [0.2, 0.25) is 5.91 Å². The zero-order valence-electron chi connectivity index (χ0n) is 12.7. The lowest BCUT2D eigenvalue weighted by Gasteiger charge is -2.19. The van der Waals surface area contributed by atoms with Crippen LogP contribution < -0.4 is 15.5 Å². The first kappa shape index (κ1) is 16.6. The molecule has 0 bridgehead atoms. The molecule has 1 aromatic carbocycles. The molecule has 2 unspecified atom stereocenters. The first-order valence-corrected chi connectivity index (χ1v) is 8.62. The number of alkyl halides is 2. The number of halogens is 3. The molecule has 2 N–H and O–H groups in total. The van der Waals surface area contributed by atoms with Crippen LogP contribution in [0.25, 0.3) is 0 Å². The summed E-state index contributed by atoms with van der Waals surface area (Å²) in [6, 6.07) is 7.38. The van der Waals surface area contributed by atoms with E-state index in [2.05, 4.69) is 43.6 Å². The minimum Gasteiger partial charge on any atom is -0.371 e. The maximum Gasteiger partial charge on any atom is 0.262 e. The third kappa shape index (κ3) is 4.20. The maximum absolute atomic E-state index is 13.1. The van der Waals surface area contributed by atoms with Crippen LogP contribution in [0.5, 0.6) is 0 Å². The maximum atomic E-state index is 13.1. The Bertz CT molecular complexity index is 567. The topological polar surface area (TPSA) is 44.4 Å². The molecular weight excluding hydrogens is 368 g/mol. The summed E-state index contributed by atoms with van der Waals surface area (Å²) in [4.78, 5) is 14.2. The van der Waals surface area contributed by atoms with Crippen LogP contribution in [0.2, 0.25) is 0 Å². The van der Waals surface area contributed by atoms with E-state index in [1.54, 1.807) is 0 Å². The Morgan fingerprint density at radius 2 is 2.13 bits per heavy atom. The average Bonchev–Trinajstić information content (AvgIpc) is 3.12. The van der Waals surface area contributed by atoms with Crippen LogP contribution in [-0.2, 0) is 4.79 Å². The number of hydrogen-bond donors (Lipinski definition) is 2. The van der Waals surface area contributed by atoms with Crippen LogP contribution in [0.4, 0.5) is 14.5 Å². The number of carbonyl (C=O) groups is 1. The molecule has 7 heteroatoms. The van der Waals surface area contributed by atoms with Crippen molar-refractivity contribution >= 4 is 27.5 Å². The van der Waals surface area contributed by atoms with Crippen molar-refractivity contribution in [3.05, 3.63) is 28.7 Å². The highest BCUT2D eigenvalue weighted by Crippen LogP contribution is 2.26. The van der Waals surface area contributed by atoms with Crippen molar-refractivity contribution in [1.29, 1.82) is 0 Å². The van der Waals surface area contributed by atoms with Crippen LogP contribution in [0.1, 0.15) is 12.8 Å². The molecule has 23 heavy (non-hydrogen) atoms. The third-order valence-corrected chi connectivity index (χ3v) is 5.00. The lowest BCUT2D eigenvalue weighted by molar-refractivity contribution is -0.123. The molecule has 0 saturated carbocycles. The molecule has 2 fully saturated rings. The lowest BCUT2D eigenvalue weighted by atomic mass is 10.1. The monoisotopic (exact) mass is 387 g/mol. The molecular formula is C16H20BrF2N3O. The molecule has 1 aromatic rings. The van der Waals surface area contributed by atoms with Gasteiger partial charge >= 0.3 is 0 Å². The number of hydrogen-bond acceptors (Lipinski definition) is 3. The Labute approximate surface area is 142 Å². The number of nitrogens with zero attached hydrogens (tertiary/aromatic N) is 1. The first-order chi connectivity index (χ1) is 10.9. The van der Waals surface area contributed by atoms with Crippen molar-refractivity contribution in [2.45, 2.75) is 24.8 Å². The highest BCUT2D eigenvalue weighted by atomic mass is 79.9. The zero-order valence-corrected chi connectivity index (χ0v) is 14.3. The fourth-order valence-corrected chi connectivity index (χ4v) is 3.42. The summed E-state index contributed by atoms with van der Waals surface area (Å²) in [5.74, 6) is -2.73. The van der Waals surface area contributed by atoms with E-state index < -0.39 is 24.9 Å². The molecule has 3 rings (SSSR count). The van der Waals surface area contributed by atoms with Gasteiger partial charge < -0.3 is 10.2 Å². The second-order valence-corrected chi connectivity index (χ2v) is 7.23. The molecule has 2 heterocycles. The van der Waals surface area contributed by atoms with Gasteiger partial charge in [-0.25, -0.2) is 8.78 Å². The molecule has 126 valence electrons. The Balaban J connectivity index is 1.45. The normalized spacial score (nSPS) is 26.5. The Kier molecular flexibility index (Phi) is 4.87. The molecule has 4 nitrogen and oxygen atoms in total. The number of nitrogens with one attached hydrogen (secondary N) is 2. The zero-order chi connectivity index (χ0) is 16.4. The molecule has 0 aliphatic carbocycles. The van der Waals surface area contributed by atoms with Gasteiger partial charge in [0, 0.05) is 36.2 Å². The van der Waals surface area contributed by atoms with E-state index in [9.17, 15) is 13.6 Å². The summed E-state index contributed by atoms with van der Waals surface area (Å²) in [6.07, 6.45) is 0.582. The van der Waals surface area contributed by atoms with Gasteiger partial charge in [0.25, 0.3) is 5.92 Å². The fraction of sp³-hybridized carbons (Fsp3) is 0.562. The standard InChI is InChI=1S/C16H20BrF2N3O/c17-12-1-3-13(4-2-12)22-6-5-11(9-22)8-20-15(23)14-7-16(18,19)10-21-14/h1-4,11,14,21H,5-10H2,(H,20,23). The average molecular weight is 388 g/mol. The summed E-state index contributed by atoms with van der Waals surface area (Å²) in [6.45, 7) is 1.94. The summed E-state index contributed by atoms with van der Waals surface area (Å²) in [7, 11) is 0. The van der Waals surface area contributed by atoms with Crippen LogP contribution in [0.3, 0.4) is 0 Å². The van der Waals surface area contributed by atoms with Gasteiger partial charge in [0.1, 0.15) is 0 Å². The minimum atomic E-state index is -2.77. The number of anilines is 1. The van der Waals surface area contributed by atoms with Gasteiger partial charge in [0.05, 0.1) is 12.6 Å². The van der Waals surface area contributed by atoms with Crippen molar-refractivity contribution in [2.75, 3.05) is 31.1 Å².